The van der Waals surface area contributed by atoms with E-state index in [1.807, 2.05) is 36.4 Å². The van der Waals surface area contributed by atoms with Gasteiger partial charge in [-0.25, -0.2) is 4.99 Å². The van der Waals surface area contributed by atoms with Crippen molar-refractivity contribution >= 4 is 52.1 Å². The standard InChI is InChI=1S/C26H20Cl2N2/c27-20-12-8-17(9-13-20)16-19-4-3-5-22-25(18-10-14-21(28)15-11-18)29-23-6-1-2-7-24(23)30-26(19)22/h1-2,6-16,29H,3-5H2/b19-16+. The Balaban J connectivity index is 1.69. The van der Waals surface area contributed by atoms with Gasteiger partial charge in [0.2, 0.25) is 0 Å². The van der Waals surface area contributed by atoms with E-state index in [-0.39, 0.29) is 0 Å². The summed E-state index contributed by atoms with van der Waals surface area (Å²) in [4.78, 5) is 5.13. The van der Waals surface area contributed by atoms with Gasteiger partial charge in [-0.1, -0.05) is 59.6 Å². The van der Waals surface area contributed by atoms with Gasteiger partial charge in [-0.2, -0.15) is 0 Å². The van der Waals surface area contributed by atoms with E-state index >= 15 is 0 Å². The Morgan fingerprint density at radius 2 is 1.50 bits per heavy atom. The molecule has 4 heteroatoms. The van der Waals surface area contributed by atoms with Gasteiger partial charge in [0, 0.05) is 15.6 Å². The molecule has 0 saturated heterocycles. The number of hydrogen-bond acceptors (Lipinski definition) is 2. The van der Waals surface area contributed by atoms with Crippen LogP contribution < -0.4 is 5.32 Å². The Labute approximate surface area is 186 Å². The van der Waals surface area contributed by atoms with Crippen LogP contribution >= 0.6 is 23.2 Å². The minimum Gasteiger partial charge on any atom is -0.353 e. The predicted molar refractivity (Wildman–Crippen MR) is 129 cm³/mol. The van der Waals surface area contributed by atoms with Gasteiger partial charge in [0.15, 0.2) is 0 Å². The van der Waals surface area contributed by atoms with Gasteiger partial charge in [0.1, 0.15) is 0 Å². The zero-order chi connectivity index (χ0) is 20.5. The predicted octanol–water partition coefficient (Wildman–Crippen LogP) is 8.17. The number of nitrogens with zero attached hydrogens (tertiary/aromatic N) is 1. The van der Waals surface area contributed by atoms with Gasteiger partial charge >= 0.3 is 0 Å². The molecular weight excluding hydrogens is 411 g/mol. The molecule has 148 valence electrons. The topological polar surface area (TPSA) is 24.4 Å². The Morgan fingerprint density at radius 3 is 2.27 bits per heavy atom. The summed E-state index contributed by atoms with van der Waals surface area (Å²) < 4.78 is 0. The van der Waals surface area contributed by atoms with Crippen molar-refractivity contribution in [1.82, 2.24) is 0 Å². The zero-order valence-corrected chi connectivity index (χ0v) is 17.8. The van der Waals surface area contributed by atoms with Crippen LogP contribution in [0.4, 0.5) is 11.4 Å². The number of allylic oxidation sites excluding steroid dienone is 2. The fourth-order valence-electron chi connectivity index (χ4n) is 4.04. The average molecular weight is 431 g/mol. The van der Waals surface area contributed by atoms with Crippen LogP contribution in [-0.2, 0) is 0 Å². The summed E-state index contributed by atoms with van der Waals surface area (Å²) in [6, 6.07) is 24.2. The molecule has 2 nitrogen and oxygen atoms in total. The molecule has 5 rings (SSSR count). The maximum Gasteiger partial charge on any atom is 0.0871 e. The van der Waals surface area contributed by atoms with Crippen LogP contribution in [0.2, 0.25) is 10.0 Å². The summed E-state index contributed by atoms with van der Waals surface area (Å²) in [5, 5.41) is 5.15. The normalized spacial score (nSPS) is 17.0. The fraction of sp³-hybridized carbons (Fsp3) is 0.115. The third-order valence-electron chi connectivity index (χ3n) is 5.50. The number of aliphatic imine (C=N–C) groups is 1. The first-order chi connectivity index (χ1) is 14.7. The molecule has 0 spiro atoms. The lowest BCUT2D eigenvalue weighted by Crippen LogP contribution is -2.16. The summed E-state index contributed by atoms with van der Waals surface area (Å²) in [6.45, 7) is 0. The van der Waals surface area contributed by atoms with Crippen LogP contribution in [0.15, 0.2) is 88.9 Å². The van der Waals surface area contributed by atoms with Crippen molar-refractivity contribution in [1.29, 1.82) is 0 Å². The molecule has 0 atom stereocenters. The zero-order valence-electron chi connectivity index (χ0n) is 16.3. The maximum atomic E-state index is 6.15. The molecule has 1 aliphatic heterocycles. The summed E-state index contributed by atoms with van der Waals surface area (Å²) in [5.74, 6) is 0. The van der Waals surface area contributed by atoms with Crippen LogP contribution in [0, 0.1) is 0 Å². The van der Waals surface area contributed by atoms with Crippen LogP contribution in [0.3, 0.4) is 0 Å². The maximum absolute atomic E-state index is 6.15. The molecular formula is C26H20Cl2N2. The number of benzene rings is 3. The monoisotopic (exact) mass is 430 g/mol. The molecule has 0 aromatic heterocycles. The van der Waals surface area contributed by atoms with Crippen LogP contribution in [-0.4, -0.2) is 5.71 Å². The number of anilines is 1. The molecule has 3 aromatic rings. The summed E-state index contributed by atoms with van der Waals surface area (Å²) in [6.07, 6.45) is 5.31. The van der Waals surface area contributed by atoms with Crippen molar-refractivity contribution in [3.05, 3.63) is 105 Å². The highest BCUT2D eigenvalue weighted by Gasteiger charge is 2.26. The van der Waals surface area contributed by atoms with Gasteiger partial charge in [0.25, 0.3) is 0 Å². The van der Waals surface area contributed by atoms with Gasteiger partial charge < -0.3 is 5.32 Å². The average Bonchev–Trinajstić information content (AvgIpc) is 2.93. The summed E-state index contributed by atoms with van der Waals surface area (Å²) in [5.41, 5.74) is 8.91. The van der Waals surface area contributed by atoms with Gasteiger partial charge in [0.05, 0.1) is 22.8 Å². The minimum absolute atomic E-state index is 0.735. The molecule has 2 aliphatic rings. The molecule has 0 unspecified atom stereocenters. The SMILES string of the molecule is Clc1ccc(/C=C2\CCCC3=C(c4ccc(Cl)cc4)Nc4ccccc4N=C32)cc1. The van der Waals surface area contributed by atoms with Crippen molar-refractivity contribution < 1.29 is 0 Å². The Hall–Kier alpha value is -2.81. The van der Waals surface area contributed by atoms with Crippen molar-refractivity contribution in [3.63, 3.8) is 0 Å². The number of hydrogen-bond donors (Lipinski definition) is 1. The first-order valence-corrected chi connectivity index (χ1v) is 10.8. The van der Waals surface area contributed by atoms with E-state index in [9.17, 15) is 0 Å². The number of rotatable bonds is 2. The fourth-order valence-corrected chi connectivity index (χ4v) is 4.29. The van der Waals surface area contributed by atoms with Gasteiger partial charge in [-0.3, -0.25) is 0 Å². The highest BCUT2D eigenvalue weighted by Crippen LogP contribution is 2.40. The molecule has 0 radical (unpaired) electrons. The molecule has 0 amide bonds. The lowest BCUT2D eigenvalue weighted by molar-refractivity contribution is 0.816. The second-order valence-corrected chi connectivity index (χ2v) is 8.41. The quantitative estimate of drug-likeness (QED) is 0.435. The van der Waals surface area contributed by atoms with Crippen LogP contribution in [0.1, 0.15) is 30.4 Å². The van der Waals surface area contributed by atoms with E-state index in [2.05, 4.69) is 47.8 Å². The van der Waals surface area contributed by atoms with E-state index in [1.54, 1.807) is 0 Å². The number of nitrogens with one attached hydrogen (secondary N) is 1. The smallest absolute Gasteiger partial charge is 0.0871 e. The molecule has 1 aliphatic carbocycles. The molecule has 1 N–H and O–H groups in total. The highest BCUT2D eigenvalue weighted by atomic mass is 35.5. The number of para-hydroxylation sites is 2. The summed E-state index contributed by atoms with van der Waals surface area (Å²) >= 11 is 12.2. The lowest BCUT2D eigenvalue weighted by atomic mass is 9.84. The van der Waals surface area contributed by atoms with Crippen molar-refractivity contribution in [2.24, 2.45) is 4.99 Å². The number of fused-ring (bicyclic) bond motifs is 2. The Kier molecular flexibility index (Phi) is 5.20. The molecule has 3 aromatic carbocycles. The van der Waals surface area contributed by atoms with E-state index < -0.39 is 0 Å². The molecule has 30 heavy (non-hydrogen) atoms. The van der Waals surface area contributed by atoms with Gasteiger partial charge in [-0.05, 0) is 78.4 Å². The largest absolute Gasteiger partial charge is 0.353 e. The third kappa shape index (κ3) is 3.81. The highest BCUT2D eigenvalue weighted by molar-refractivity contribution is 6.31. The van der Waals surface area contributed by atoms with Crippen molar-refractivity contribution in [2.45, 2.75) is 19.3 Å². The van der Waals surface area contributed by atoms with Crippen molar-refractivity contribution in [3.8, 4) is 0 Å². The van der Waals surface area contributed by atoms with Crippen LogP contribution in [0.25, 0.3) is 11.8 Å². The molecule has 1 fully saturated rings. The second-order valence-electron chi connectivity index (χ2n) is 7.54. The van der Waals surface area contributed by atoms with E-state index in [4.69, 9.17) is 28.2 Å². The first kappa shape index (κ1) is 19.2. The Bertz CT molecular complexity index is 1190. The second kappa shape index (κ2) is 8.14. The lowest BCUT2D eigenvalue weighted by Gasteiger charge is -2.23. The summed E-state index contributed by atoms with van der Waals surface area (Å²) in [7, 11) is 0. The van der Waals surface area contributed by atoms with Crippen LogP contribution in [0.5, 0.6) is 0 Å². The molecule has 0 bridgehead atoms. The molecule has 1 heterocycles. The van der Waals surface area contributed by atoms with Gasteiger partial charge in [-0.15, -0.1) is 0 Å². The number of halogens is 2. The van der Waals surface area contributed by atoms with E-state index in [1.165, 1.54) is 11.1 Å². The van der Waals surface area contributed by atoms with E-state index in [0.717, 1.165) is 63.2 Å². The van der Waals surface area contributed by atoms with Crippen molar-refractivity contribution in [2.75, 3.05) is 5.32 Å². The first-order valence-electron chi connectivity index (χ1n) is 10.1. The third-order valence-corrected chi connectivity index (χ3v) is 6.01. The van der Waals surface area contributed by atoms with E-state index in [0.29, 0.717) is 0 Å². The Morgan fingerprint density at radius 1 is 0.800 bits per heavy atom. The minimum atomic E-state index is 0.735. The molecule has 1 saturated carbocycles.